The number of nitrogens with one attached hydrogen (secondary N) is 1. The van der Waals surface area contributed by atoms with Gasteiger partial charge in [-0.15, -0.1) is 0 Å². The maximum Gasteiger partial charge on any atom is 0.429 e. The fourth-order valence-electron chi connectivity index (χ4n) is 4.69. The van der Waals surface area contributed by atoms with Crippen LogP contribution < -0.4 is 15.1 Å². The first kappa shape index (κ1) is 32.6. The van der Waals surface area contributed by atoms with Gasteiger partial charge in [-0.05, 0) is 42.3 Å². The molecule has 238 valence electrons. The maximum absolute atomic E-state index is 13.3. The van der Waals surface area contributed by atoms with Crippen LogP contribution in [0.2, 0.25) is 0 Å². The molecule has 0 bridgehead atoms. The van der Waals surface area contributed by atoms with Crippen LogP contribution in [0.1, 0.15) is 25.0 Å². The van der Waals surface area contributed by atoms with E-state index >= 15 is 0 Å². The Morgan fingerprint density at radius 3 is 2.00 bits per heavy atom. The van der Waals surface area contributed by atoms with Gasteiger partial charge in [0, 0.05) is 38.4 Å². The number of cyclic esters (lactones) is 1. The van der Waals surface area contributed by atoms with Gasteiger partial charge in [-0.2, -0.15) is 0 Å². The predicted octanol–water partition coefficient (Wildman–Crippen LogP) is 4.80. The van der Waals surface area contributed by atoms with Gasteiger partial charge in [0.1, 0.15) is 19.3 Å². The number of nitrogens with zero attached hydrogens (tertiary/aromatic N) is 4. The molecule has 12 heteroatoms. The third-order valence-corrected chi connectivity index (χ3v) is 7.19. The van der Waals surface area contributed by atoms with Crippen molar-refractivity contribution in [2.75, 3.05) is 49.6 Å². The molecule has 1 aliphatic rings. The molecule has 1 fully saturated rings. The number of hydrogen-bond acceptors (Lipinski definition) is 8. The molecule has 0 radical (unpaired) electrons. The van der Waals surface area contributed by atoms with Crippen molar-refractivity contribution in [3.8, 4) is 0 Å². The number of hydrazine groups is 1. The van der Waals surface area contributed by atoms with Crippen molar-refractivity contribution < 1.29 is 33.4 Å². The molecule has 1 N–H and O–H groups in total. The van der Waals surface area contributed by atoms with Crippen molar-refractivity contribution >= 4 is 35.6 Å². The van der Waals surface area contributed by atoms with Crippen molar-refractivity contribution in [3.05, 3.63) is 96.1 Å². The summed E-state index contributed by atoms with van der Waals surface area (Å²) >= 11 is 0. The van der Waals surface area contributed by atoms with Crippen LogP contribution >= 0.6 is 0 Å². The Hall–Kier alpha value is -5.26. The zero-order chi connectivity index (χ0) is 32.2. The predicted molar refractivity (Wildman–Crippen MR) is 168 cm³/mol. The fraction of sp³-hybridized carbons (Fsp3) is 0.333. The van der Waals surface area contributed by atoms with Crippen molar-refractivity contribution in [2.45, 2.75) is 33.2 Å². The monoisotopic (exact) mass is 617 g/mol. The fourth-order valence-corrected chi connectivity index (χ4v) is 4.69. The molecule has 0 aliphatic carbocycles. The molecule has 3 aromatic carbocycles. The Kier molecular flexibility index (Phi) is 11.6. The minimum absolute atomic E-state index is 0.0483. The van der Waals surface area contributed by atoms with Crippen LogP contribution in [-0.4, -0.2) is 80.1 Å². The SMILES string of the molecule is CCN(CCN(C(=O)OCc1ccccc1)N(C)C(=O)OCc1ccccc1)c1ccc(N2C[C@H](CNC(C)=O)OC2=O)cc1. The minimum Gasteiger partial charge on any atom is -0.443 e. The minimum atomic E-state index is -0.697. The molecule has 0 unspecified atom stereocenters. The first-order valence-corrected chi connectivity index (χ1v) is 14.7. The van der Waals surface area contributed by atoms with Crippen molar-refractivity contribution in [1.29, 1.82) is 0 Å². The summed E-state index contributed by atoms with van der Waals surface area (Å²) < 4.78 is 16.4. The summed E-state index contributed by atoms with van der Waals surface area (Å²) in [5, 5.41) is 5.02. The number of likely N-dealkylation sites (N-methyl/N-ethyl adjacent to an activating group) is 1. The molecule has 1 saturated heterocycles. The number of amides is 4. The highest BCUT2D eigenvalue weighted by molar-refractivity contribution is 5.90. The van der Waals surface area contributed by atoms with E-state index < -0.39 is 24.4 Å². The quantitative estimate of drug-likeness (QED) is 0.227. The summed E-state index contributed by atoms with van der Waals surface area (Å²) in [6, 6.07) is 26.0. The van der Waals surface area contributed by atoms with Crippen molar-refractivity contribution in [3.63, 3.8) is 0 Å². The van der Waals surface area contributed by atoms with E-state index in [0.29, 0.717) is 25.3 Å². The summed E-state index contributed by atoms with van der Waals surface area (Å²) in [6.45, 7) is 5.18. The highest BCUT2D eigenvalue weighted by atomic mass is 16.6. The van der Waals surface area contributed by atoms with Gasteiger partial charge >= 0.3 is 18.3 Å². The summed E-state index contributed by atoms with van der Waals surface area (Å²) in [6.07, 6.45) is -2.29. The average molecular weight is 618 g/mol. The molecule has 0 spiro atoms. The van der Waals surface area contributed by atoms with Crippen LogP contribution in [0.3, 0.4) is 0 Å². The molecular weight excluding hydrogens is 578 g/mol. The highest BCUT2D eigenvalue weighted by Gasteiger charge is 2.32. The molecule has 0 aromatic heterocycles. The average Bonchev–Trinajstić information content (AvgIpc) is 3.44. The van der Waals surface area contributed by atoms with E-state index in [4.69, 9.17) is 14.2 Å². The largest absolute Gasteiger partial charge is 0.443 e. The number of rotatable bonds is 12. The van der Waals surface area contributed by atoms with Crippen LogP contribution in [0.15, 0.2) is 84.9 Å². The topological polar surface area (TPSA) is 121 Å². The van der Waals surface area contributed by atoms with E-state index in [1.807, 2.05) is 96.8 Å². The molecule has 4 rings (SSSR count). The molecule has 1 heterocycles. The second kappa shape index (κ2) is 16.0. The second-order valence-electron chi connectivity index (χ2n) is 10.4. The number of ether oxygens (including phenoxy) is 3. The number of carbonyl (C=O) groups is 4. The molecule has 3 aromatic rings. The molecule has 0 saturated carbocycles. The number of benzene rings is 3. The molecule has 1 aliphatic heterocycles. The Balaban J connectivity index is 1.40. The van der Waals surface area contributed by atoms with Crippen LogP contribution in [-0.2, 0) is 32.2 Å². The lowest BCUT2D eigenvalue weighted by Crippen LogP contribution is -2.50. The van der Waals surface area contributed by atoms with Crippen LogP contribution in [0.25, 0.3) is 0 Å². The molecular formula is C33H39N5O7. The van der Waals surface area contributed by atoms with E-state index in [1.165, 1.54) is 23.9 Å². The number of anilines is 2. The molecule has 12 nitrogen and oxygen atoms in total. The number of hydrogen-bond donors (Lipinski definition) is 1. The maximum atomic E-state index is 13.3. The zero-order valence-corrected chi connectivity index (χ0v) is 25.8. The smallest absolute Gasteiger partial charge is 0.429 e. The van der Waals surface area contributed by atoms with Crippen molar-refractivity contribution in [2.24, 2.45) is 0 Å². The van der Waals surface area contributed by atoms with Gasteiger partial charge in [0.05, 0.1) is 19.6 Å². The zero-order valence-electron chi connectivity index (χ0n) is 25.8. The molecule has 4 amide bonds. The summed E-state index contributed by atoms with van der Waals surface area (Å²) in [4.78, 5) is 53.5. The third kappa shape index (κ3) is 9.36. The van der Waals surface area contributed by atoms with Gasteiger partial charge in [0.15, 0.2) is 0 Å². The van der Waals surface area contributed by atoms with Gasteiger partial charge in [-0.1, -0.05) is 60.7 Å². The van der Waals surface area contributed by atoms with Crippen molar-refractivity contribution in [1.82, 2.24) is 15.3 Å². The number of carbonyl (C=O) groups excluding carboxylic acids is 4. The Bertz CT molecular complexity index is 1420. The van der Waals surface area contributed by atoms with E-state index in [9.17, 15) is 19.2 Å². The van der Waals surface area contributed by atoms with E-state index in [0.717, 1.165) is 21.8 Å². The van der Waals surface area contributed by atoms with Gasteiger partial charge < -0.3 is 24.4 Å². The molecule has 1 atom stereocenters. The van der Waals surface area contributed by atoms with Gasteiger partial charge in [0.2, 0.25) is 5.91 Å². The van der Waals surface area contributed by atoms with Crippen LogP contribution in [0, 0.1) is 0 Å². The summed E-state index contributed by atoms with van der Waals surface area (Å²) in [5.74, 6) is -0.188. The van der Waals surface area contributed by atoms with E-state index in [2.05, 4.69) is 5.32 Å². The third-order valence-electron chi connectivity index (χ3n) is 7.19. The van der Waals surface area contributed by atoms with Crippen LogP contribution in [0.4, 0.5) is 25.8 Å². The Morgan fingerprint density at radius 2 is 1.44 bits per heavy atom. The highest BCUT2D eigenvalue weighted by Crippen LogP contribution is 2.25. The first-order valence-electron chi connectivity index (χ1n) is 14.7. The van der Waals surface area contributed by atoms with E-state index in [1.54, 1.807) is 0 Å². The normalized spacial score (nSPS) is 13.9. The molecule has 45 heavy (non-hydrogen) atoms. The summed E-state index contributed by atoms with van der Waals surface area (Å²) in [7, 11) is 1.47. The lowest BCUT2D eigenvalue weighted by atomic mass is 10.2. The Morgan fingerprint density at radius 1 is 0.867 bits per heavy atom. The second-order valence-corrected chi connectivity index (χ2v) is 10.4. The van der Waals surface area contributed by atoms with Gasteiger partial charge in [0.25, 0.3) is 0 Å². The summed E-state index contributed by atoms with van der Waals surface area (Å²) in [5.41, 5.74) is 3.16. The lowest BCUT2D eigenvalue weighted by molar-refractivity contribution is -0.119. The standard InChI is InChI=1S/C33H39N5O7/c1-4-36(28-15-17-29(18-16-28)37-22-30(45-32(37)41)21-34-25(2)39)19-20-38(33(42)44-24-27-13-9-6-10-14-27)35(3)31(40)43-23-26-11-7-5-8-12-26/h5-18,30H,4,19-24H2,1-3H3,(H,34,39)/t30-/m0/s1. The van der Waals surface area contributed by atoms with Gasteiger partial charge in [-0.25, -0.2) is 24.4 Å². The Labute approximate surface area is 263 Å². The van der Waals surface area contributed by atoms with E-state index in [-0.39, 0.29) is 32.2 Å². The van der Waals surface area contributed by atoms with Crippen LogP contribution in [0.5, 0.6) is 0 Å². The van der Waals surface area contributed by atoms with Gasteiger partial charge in [-0.3, -0.25) is 9.69 Å². The first-order chi connectivity index (χ1) is 21.7. The lowest BCUT2D eigenvalue weighted by Gasteiger charge is -2.33.